The number of hydrogen-bond donors (Lipinski definition) is 0. The minimum Gasteiger partial charge on any atom is -0.205 e. The molecule has 1 aromatic rings. The summed E-state index contributed by atoms with van der Waals surface area (Å²) >= 11 is 0. The topological polar surface area (TPSA) is 3.88 Å². The van der Waals surface area contributed by atoms with Crippen LogP contribution in [-0.2, 0) is 13.0 Å². The summed E-state index contributed by atoms with van der Waals surface area (Å²) in [5.41, 5.74) is 1.52. The molecule has 192 valence electrons. The lowest BCUT2D eigenvalue weighted by atomic mass is 10.0. The molecule has 0 unspecified atom stereocenters. The van der Waals surface area contributed by atoms with Gasteiger partial charge in [0.2, 0.25) is 0 Å². The Morgan fingerprint density at radius 3 is 1.15 bits per heavy atom. The zero-order chi connectivity index (χ0) is 23.7. The third-order valence-corrected chi connectivity index (χ3v) is 7.30. The first-order chi connectivity index (χ1) is 16.4. The van der Waals surface area contributed by atoms with Gasteiger partial charge in [-0.1, -0.05) is 142 Å². The maximum atomic E-state index is 2.39. The highest BCUT2D eigenvalue weighted by Gasteiger charge is 2.02. The van der Waals surface area contributed by atoms with E-state index < -0.39 is 0 Å². The molecule has 1 heterocycles. The molecule has 1 rings (SSSR count). The van der Waals surface area contributed by atoms with E-state index in [1.165, 1.54) is 166 Å². The molecule has 1 heteroatoms. The first-order valence-electron chi connectivity index (χ1n) is 15.3. The van der Waals surface area contributed by atoms with Gasteiger partial charge in [0.1, 0.15) is 6.54 Å². The van der Waals surface area contributed by atoms with Crippen molar-refractivity contribution in [3.63, 3.8) is 0 Å². The molecule has 0 bridgehead atoms. The highest BCUT2D eigenvalue weighted by molar-refractivity contribution is 5.07. The number of aromatic nitrogens is 1. The average Bonchev–Trinajstić information content (AvgIpc) is 2.84. The minimum absolute atomic E-state index is 1.19. The lowest BCUT2D eigenvalue weighted by Crippen LogP contribution is -2.32. The predicted molar refractivity (Wildman–Crippen MR) is 148 cm³/mol. The van der Waals surface area contributed by atoms with Crippen LogP contribution in [0.5, 0.6) is 0 Å². The van der Waals surface area contributed by atoms with Crippen LogP contribution in [0.3, 0.4) is 0 Å². The highest BCUT2D eigenvalue weighted by atomic mass is 14.9. The van der Waals surface area contributed by atoms with Crippen LogP contribution >= 0.6 is 0 Å². The van der Waals surface area contributed by atoms with Crippen molar-refractivity contribution in [2.24, 2.45) is 0 Å². The zero-order valence-electron chi connectivity index (χ0n) is 22.9. The van der Waals surface area contributed by atoms with Crippen molar-refractivity contribution >= 4 is 0 Å². The Balaban J connectivity index is 1.88. The van der Waals surface area contributed by atoms with E-state index in [2.05, 4.69) is 42.9 Å². The molecular weight excluding hydrogens is 398 g/mol. The Hall–Kier alpha value is -0.850. The smallest absolute Gasteiger partial charge is 0.169 e. The lowest BCUT2D eigenvalue weighted by molar-refractivity contribution is -0.697. The molecule has 0 aliphatic heterocycles. The van der Waals surface area contributed by atoms with Crippen LogP contribution in [0.25, 0.3) is 0 Å². The van der Waals surface area contributed by atoms with E-state index in [0.717, 1.165) is 0 Å². The summed E-state index contributed by atoms with van der Waals surface area (Å²) in [5.74, 6) is 0. The maximum Gasteiger partial charge on any atom is 0.169 e. The summed E-state index contributed by atoms with van der Waals surface area (Å²) in [6, 6.07) is 4.72. The molecule has 0 radical (unpaired) electrons. The van der Waals surface area contributed by atoms with Gasteiger partial charge in [-0.15, -0.1) is 0 Å². The molecule has 0 fully saturated rings. The summed E-state index contributed by atoms with van der Waals surface area (Å²) in [4.78, 5) is 0. The molecule has 0 atom stereocenters. The molecule has 0 N–H and O–H groups in total. The predicted octanol–water partition coefficient (Wildman–Crippen LogP) is 10.5. The van der Waals surface area contributed by atoms with Crippen molar-refractivity contribution in [1.29, 1.82) is 0 Å². The van der Waals surface area contributed by atoms with Gasteiger partial charge in [-0.25, -0.2) is 4.57 Å². The highest BCUT2D eigenvalue weighted by Crippen LogP contribution is 2.13. The average molecular weight is 459 g/mol. The van der Waals surface area contributed by atoms with Gasteiger partial charge < -0.3 is 0 Å². The number of rotatable bonds is 25. The molecule has 0 aliphatic carbocycles. The van der Waals surface area contributed by atoms with Crippen molar-refractivity contribution in [1.82, 2.24) is 0 Å². The molecule has 0 aromatic carbocycles. The van der Waals surface area contributed by atoms with E-state index in [1.807, 2.05) is 0 Å². The summed E-state index contributed by atoms with van der Waals surface area (Å²) in [6.07, 6.45) is 38.7. The van der Waals surface area contributed by atoms with Crippen LogP contribution in [0.2, 0.25) is 0 Å². The van der Waals surface area contributed by atoms with Gasteiger partial charge in [0.25, 0.3) is 0 Å². The largest absolute Gasteiger partial charge is 0.205 e. The van der Waals surface area contributed by atoms with E-state index in [1.54, 1.807) is 0 Å². The second-order valence-corrected chi connectivity index (χ2v) is 10.6. The maximum absolute atomic E-state index is 2.39. The van der Waals surface area contributed by atoms with Crippen molar-refractivity contribution in [3.8, 4) is 0 Å². The summed E-state index contributed by atoms with van der Waals surface area (Å²) in [6.45, 7) is 5.79. The number of nitrogens with zero attached hydrogens (tertiary/aromatic N) is 1. The van der Waals surface area contributed by atoms with Crippen LogP contribution in [0.15, 0.2) is 24.5 Å². The van der Waals surface area contributed by atoms with Crippen molar-refractivity contribution in [3.05, 3.63) is 30.1 Å². The van der Waals surface area contributed by atoms with Crippen LogP contribution in [0.1, 0.15) is 167 Å². The van der Waals surface area contributed by atoms with E-state index in [4.69, 9.17) is 0 Å². The second-order valence-electron chi connectivity index (χ2n) is 10.6. The van der Waals surface area contributed by atoms with Crippen LogP contribution in [0.4, 0.5) is 0 Å². The molecule has 0 amide bonds. The van der Waals surface area contributed by atoms with Crippen molar-refractivity contribution in [2.75, 3.05) is 0 Å². The number of unbranched alkanes of at least 4 members (excludes halogenated alkanes) is 21. The first-order valence-corrected chi connectivity index (χ1v) is 15.3. The van der Waals surface area contributed by atoms with Gasteiger partial charge in [0.05, 0.1) is 0 Å². The molecule has 0 aliphatic rings. The third-order valence-electron chi connectivity index (χ3n) is 7.30. The van der Waals surface area contributed by atoms with E-state index in [-0.39, 0.29) is 0 Å². The van der Waals surface area contributed by atoms with E-state index >= 15 is 0 Å². The van der Waals surface area contributed by atoms with Gasteiger partial charge >= 0.3 is 0 Å². The van der Waals surface area contributed by atoms with Crippen molar-refractivity contribution < 1.29 is 4.57 Å². The molecule has 0 saturated heterocycles. The fourth-order valence-corrected chi connectivity index (χ4v) is 4.93. The SMILES string of the molecule is CCCCCCCCCCCCCC[n+]1ccc(CCCCCCCCCCCCC)cc1. The Kier molecular flexibility index (Phi) is 22.2. The standard InChI is InChI=1S/C32H60N/c1-3-5-7-9-11-13-15-17-19-21-23-25-29-33-30-27-32(28-31-33)26-24-22-20-18-16-14-12-10-8-6-4-2/h27-28,30-31H,3-26,29H2,1-2H3/q+1. The summed E-state index contributed by atoms with van der Waals surface area (Å²) in [7, 11) is 0. The molecule has 1 aromatic heterocycles. The van der Waals surface area contributed by atoms with E-state index in [0.29, 0.717) is 0 Å². The normalized spacial score (nSPS) is 11.3. The Morgan fingerprint density at radius 2 is 0.758 bits per heavy atom. The monoisotopic (exact) mass is 458 g/mol. The fourth-order valence-electron chi connectivity index (χ4n) is 4.93. The number of hydrogen-bond acceptors (Lipinski definition) is 0. The third kappa shape index (κ3) is 20.3. The van der Waals surface area contributed by atoms with Gasteiger partial charge in [0, 0.05) is 18.6 Å². The fraction of sp³-hybridized carbons (Fsp3) is 0.844. The van der Waals surface area contributed by atoms with Gasteiger partial charge in [0.15, 0.2) is 12.4 Å². The Labute approximate surface area is 209 Å². The molecule has 0 spiro atoms. The van der Waals surface area contributed by atoms with Crippen molar-refractivity contribution in [2.45, 2.75) is 174 Å². The summed E-state index contributed by atoms with van der Waals surface area (Å²) in [5, 5.41) is 0. The zero-order valence-corrected chi connectivity index (χ0v) is 22.9. The second kappa shape index (κ2) is 24.3. The summed E-state index contributed by atoms with van der Waals surface area (Å²) < 4.78 is 2.39. The van der Waals surface area contributed by atoms with Gasteiger partial charge in [-0.2, -0.15) is 0 Å². The Bertz CT molecular complexity index is 492. The van der Waals surface area contributed by atoms with Crippen LogP contribution < -0.4 is 4.57 Å². The minimum atomic E-state index is 1.19. The molecule has 0 saturated carbocycles. The number of aryl methyl sites for hydroxylation is 2. The van der Waals surface area contributed by atoms with Crippen LogP contribution in [-0.4, -0.2) is 0 Å². The quantitative estimate of drug-likeness (QED) is 0.101. The van der Waals surface area contributed by atoms with Gasteiger partial charge in [-0.05, 0) is 24.8 Å². The lowest BCUT2D eigenvalue weighted by Gasteiger charge is -2.04. The molecule has 33 heavy (non-hydrogen) atoms. The molecular formula is C32H60N+. The number of pyridine rings is 1. The van der Waals surface area contributed by atoms with Crippen LogP contribution in [0, 0.1) is 0 Å². The van der Waals surface area contributed by atoms with Gasteiger partial charge in [-0.3, -0.25) is 0 Å². The molecule has 1 nitrogen and oxygen atoms in total. The van der Waals surface area contributed by atoms with E-state index in [9.17, 15) is 0 Å². The first kappa shape index (κ1) is 30.2. The Morgan fingerprint density at radius 1 is 0.424 bits per heavy atom.